The zero-order chi connectivity index (χ0) is 9.52. The molecule has 0 bridgehead atoms. The second kappa shape index (κ2) is 6.28. The number of hydrogen-bond donors (Lipinski definition) is 0. The van der Waals surface area contributed by atoms with Gasteiger partial charge in [-0.25, -0.2) is 0 Å². The summed E-state index contributed by atoms with van der Waals surface area (Å²) in [4.78, 5) is 0. The van der Waals surface area contributed by atoms with Gasteiger partial charge in [-0.3, -0.25) is 0 Å². The SMILES string of the molecule is ClCCCCOc1c[c]c(Br)cc1. The molecule has 1 radical (unpaired) electrons. The van der Waals surface area contributed by atoms with Crippen LogP contribution in [0.5, 0.6) is 5.75 Å². The molecule has 0 N–H and O–H groups in total. The average molecular weight is 263 g/mol. The van der Waals surface area contributed by atoms with Gasteiger partial charge in [0.2, 0.25) is 0 Å². The second-order valence-electron chi connectivity index (χ2n) is 2.62. The van der Waals surface area contributed by atoms with Gasteiger partial charge in [0.05, 0.1) is 6.61 Å². The molecule has 71 valence electrons. The summed E-state index contributed by atoms with van der Waals surface area (Å²) in [6, 6.07) is 8.66. The van der Waals surface area contributed by atoms with Crippen molar-refractivity contribution in [3.8, 4) is 5.75 Å². The van der Waals surface area contributed by atoms with E-state index < -0.39 is 0 Å². The Bertz CT molecular complexity index is 235. The lowest BCUT2D eigenvalue weighted by molar-refractivity contribution is 0.309. The Morgan fingerprint density at radius 2 is 2.23 bits per heavy atom. The first-order chi connectivity index (χ1) is 6.33. The standard InChI is InChI=1S/C10H11BrClO/c11-9-3-5-10(6-4-9)13-8-2-1-7-12/h3,5-6H,1-2,7-8H2. The Kier molecular flexibility index (Phi) is 5.25. The Labute approximate surface area is 92.2 Å². The van der Waals surface area contributed by atoms with Gasteiger partial charge < -0.3 is 4.74 Å². The molecule has 0 amide bonds. The van der Waals surface area contributed by atoms with E-state index in [1.165, 1.54) is 0 Å². The van der Waals surface area contributed by atoms with Gasteiger partial charge in [-0.15, -0.1) is 11.6 Å². The Balaban J connectivity index is 2.25. The van der Waals surface area contributed by atoms with Crippen LogP contribution in [-0.4, -0.2) is 12.5 Å². The van der Waals surface area contributed by atoms with Gasteiger partial charge in [0.1, 0.15) is 5.75 Å². The minimum absolute atomic E-state index is 0.704. The topological polar surface area (TPSA) is 9.23 Å². The van der Waals surface area contributed by atoms with Crippen LogP contribution in [0, 0.1) is 6.07 Å². The van der Waals surface area contributed by atoms with E-state index in [0.29, 0.717) is 5.88 Å². The van der Waals surface area contributed by atoms with Gasteiger partial charge in [0, 0.05) is 16.4 Å². The smallest absolute Gasteiger partial charge is 0.119 e. The lowest BCUT2D eigenvalue weighted by Crippen LogP contribution is -1.97. The van der Waals surface area contributed by atoms with Crippen molar-refractivity contribution < 1.29 is 4.74 Å². The third-order valence-corrected chi connectivity index (χ3v) is 2.30. The highest BCUT2D eigenvalue weighted by molar-refractivity contribution is 9.10. The number of halogens is 2. The molecule has 0 spiro atoms. The van der Waals surface area contributed by atoms with Gasteiger partial charge in [-0.05, 0) is 31.0 Å². The summed E-state index contributed by atoms with van der Waals surface area (Å²) in [5.41, 5.74) is 0. The zero-order valence-corrected chi connectivity index (χ0v) is 9.57. The molecule has 0 unspecified atom stereocenters. The highest BCUT2D eigenvalue weighted by atomic mass is 79.9. The molecule has 0 heterocycles. The normalized spacial score (nSPS) is 10.0. The fourth-order valence-corrected chi connectivity index (χ4v) is 1.30. The molecule has 1 nitrogen and oxygen atoms in total. The van der Waals surface area contributed by atoms with Crippen LogP contribution in [0.3, 0.4) is 0 Å². The molecule has 0 aliphatic heterocycles. The largest absolute Gasteiger partial charge is 0.494 e. The lowest BCUT2D eigenvalue weighted by atomic mass is 10.3. The Hall–Kier alpha value is -0.210. The van der Waals surface area contributed by atoms with E-state index in [-0.39, 0.29) is 0 Å². The van der Waals surface area contributed by atoms with E-state index in [1.54, 1.807) is 0 Å². The van der Waals surface area contributed by atoms with Gasteiger partial charge in [-0.1, -0.05) is 15.9 Å². The lowest BCUT2D eigenvalue weighted by Gasteiger charge is -2.04. The second-order valence-corrected chi connectivity index (χ2v) is 3.85. The quantitative estimate of drug-likeness (QED) is 0.581. The van der Waals surface area contributed by atoms with E-state index in [0.717, 1.165) is 29.7 Å². The van der Waals surface area contributed by atoms with Crippen LogP contribution in [-0.2, 0) is 0 Å². The van der Waals surface area contributed by atoms with Crippen molar-refractivity contribution in [1.29, 1.82) is 0 Å². The average Bonchev–Trinajstić information content (AvgIpc) is 2.15. The summed E-state index contributed by atoms with van der Waals surface area (Å²) in [5, 5.41) is 0. The highest BCUT2D eigenvalue weighted by Crippen LogP contribution is 2.15. The maximum atomic E-state index is 5.54. The van der Waals surface area contributed by atoms with Crippen molar-refractivity contribution in [1.82, 2.24) is 0 Å². The predicted molar refractivity (Wildman–Crippen MR) is 58.4 cm³/mol. The molecule has 13 heavy (non-hydrogen) atoms. The first-order valence-electron chi connectivity index (χ1n) is 4.19. The van der Waals surface area contributed by atoms with Crippen molar-refractivity contribution in [3.05, 3.63) is 28.7 Å². The van der Waals surface area contributed by atoms with Crippen molar-refractivity contribution >= 4 is 27.5 Å². The van der Waals surface area contributed by atoms with E-state index in [9.17, 15) is 0 Å². The van der Waals surface area contributed by atoms with Crippen molar-refractivity contribution in [3.63, 3.8) is 0 Å². The predicted octanol–water partition coefficient (Wildman–Crippen LogP) is 3.65. The summed E-state index contributed by atoms with van der Waals surface area (Å²) in [6.45, 7) is 0.724. The van der Waals surface area contributed by atoms with E-state index in [4.69, 9.17) is 16.3 Å². The molecule has 1 aromatic carbocycles. The number of ether oxygens (including phenoxy) is 1. The van der Waals surface area contributed by atoms with Crippen LogP contribution in [0.15, 0.2) is 22.7 Å². The van der Waals surface area contributed by atoms with Crippen LogP contribution in [0.2, 0.25) is 0 Å². The van der Waals surface area contributed by atoms with Crippen molar-refractivity contribution in [2.45, 2.75) is 12.8 Å². The van der Waals surface area contributed by atoms with E-state index in [2.05, 4.69) is 22.0 Å². The molecule has 0 saturated carbocycles. The minimum atomic E-state index is 0.704. The highest BCUT2D eigenvalue weighted by Gasteiger charge is 1.93. The van der Waals surface area contributed by atoms with E-state index in [1.807, 2.05) is 18.2 Å². The third-order valence-electron chi connectivity index (χ3n) is 1.54. The summed E-state index contributed by atoms with van der Waals surface area (Å²) in [6.07, 6.45) is 2.00. The number of alkyl halides is 1. The van der Waals surface area contributed by atoms with Crippen molar-refractivity contribution in [2.24, 2.45) is 0 Å². The van der Waals surface area contributed by atoms with Crippen LogP contribution >= 0.6 is 27.5 Å². The Morgan fingerprint density at radius 3 is 2.85 bits per heavy atom. The van der Waals surface area contributed by atoms with Gasteiger partial charge in [0.25, 0.3) is 0 Å². The van der Waals surface area contributed by atoms with Crippen LogP contribution < -0.4 is 4.74 Å². The first kappa shape index (κ1) is 10.9. The zero-order valence-electron chi connectivity index (χ0n) is 7.22. The number of benzene rings is 1. The summed E-state index contributed by atoms with van der Waals surface area (Å²) in [7, 11) is 0. The van der Waals surface area contributed by atoms with E-state index >= 15 is 0 Å². The third kappa shape index (κ3) is 4.53. The monoisotopic (exact) mass is 261 g/mol. The molecule has 0 aliphatic carbocycles. The fourth-order valence-electron chi connectivity index (χ4n) is 0.868. The van der Waals surface area contributed by atoms with Crippen LogP contribution in [0.25, 0.3) is 0 Å². The minimum Gasteiger partial charge on any atom is -0.494 e. The molecule has 1 aromatic rings. The number of hydrogen-bond acceptors (Lipinski definition) is 1. The molecular formula is C10H11BrClO. The summed E-state index contributed by atoms with van der Waals surface area (Å²) < 4.78 is 6.40. The molecule has 3 heteroatoms. The summed E-state index contributed by atoms with van der Waals surface area (Å²) in [5.74, 6) is 1.56. The van der Waals surface area contributed by atoms with Crippen LogP contribution in [0.1, 0.15) is 12.8 Å². The van der Waals surface area contributed by atoms with Gasteiger partial charge >= 0.3 is 0 Å². The molecule has 0 fully saturated rings. The van der Waals surface area contributed by atoms with Gasteiger partial charge in [-0.2, -0.15) is 0 Å². The number of unbranched alkanes of at least 4 members (excludes halogenated alkanes) is 1. The Morgan fingerprint density at radius 1 is 1.38 bits per heavy atom. The molecule has 0 aliphatic rings. The maximum Gasteiger partial charge on any atom is 0.119 e. The van der Waals surface area contributed by atoms with Crippen molar-refractivity contribution in [2.75, 3.05) is 12.5 Å². The molecule has 0 saturated heterocycles. The summed E-state index contributed by atoms with van der Waals surface area (Å²) >= 11 is 8.85. The number of rotatable bonds is 5. The fraction of sp³-hybridized carbons (Fsp3) is 0.400. The first-order valence-corrected chi connectivity index (χ1v) is 5.51. The molecule has 0 aromatic heterocycles. The molecule has 1 rings (SSSR count). The van der Waals surface area contributed by atoms with Crippen LogP contribution in [0.4, 0.5) is 0 Å². The molecule has 0 atom stereocenters. The van der Waals surface area contributed by atoms with Gasteiger partial charge in [0.15, 0.2) is 0 Å². The maximum absolute atomic E-state index is 5.54. The molecular weight excluding hydrogens is 251 g/mol.